The van der Waals surface area contributed by atoms with Crippen molar-refractivity contribution in [3.05, 3.63) is 18.5 Å². The van der Waals surface area contributed by atoms with Crippen LogP contribution < -0.4 is 16.4 Å². The molecule has 5 nitrogen and oxygen atoms in total. The molecule has 5 heteroatoms. The number of carbonyl (C=O) groups excluding carboxylic acids is 1. The maximum absolute atomic E-state index is 11.4. The first-order valence-electron chi connectivity index (χ1n) is 5.79. The number of nitrogens with zero attached hydrogens (tertiary/aromatic N) is 1. The average molecular weight is 236 g/mol. The second-order valence-corrected chi connectivity index (χ2v) is 4.38. The summed E-state index contributed by atoms with van der Waals surface area (Å²) in [5.41, 5.74) is 7.03. The van der Waals surface area contributed by atoms with E-state index in [1.54, 1.807) is 18.5 Å². The molecule has 0 radical (unpaired) electrons. The highest BCUT2D eigenvalue weighted by Gasteiger charge is 2.02. The molecule has 1 heterocycles. The third-order valence-corrected chi connectivity index (χ3v) is 2.15. The molecule has 0 aromatic carbocycles. The van der Waals surface area contributed by atoms with Gasteiger partial charge in [-0.25, -0.2) is 0 Å². The van der Waals surface area contributed by atoms with E-state index in [9.17, 15) is 4.79 Å². The van der Waals surface area contributed by atoms with E-state index in [0.29, 0.717) is 24.6 Å². The fourth-order valence-electron chi connectivity index (χ4n) is 1.28. The van der Waals surface area contributed by atoms with E-state index in [1.807, 2.05) is 0 Å². The van der Waals surface area contributed by atoms with Gasteiger partial charge in [0.15, 0.2) is 0 Å². The van der Waals surface area contributed by atoms with E-state index in [4.69, 9.17) is 5.73 Å². The zero-order valence-electron chi connectivity index (χ0n) is 10.4. The number of pyridine rings is 1. The van der Waals surface area contributed by atoms with Gasteiger partial charge in [-0.2, -0.15) is 0 Å². The topological polar surface area (TPSA) is 80.0 Å². The van der Waals surface area contributed by atoms with Gasteiger partial charge in [0.1, 0.15) is 0 Å². The monoisotopic (exact) mass is 236 g/mol. The number of hydrogen-bond donors (Lipinski definition) is 3. The number of carbonyl (C=O) groups is 1. The highest BCUT2D eigenvalue weighted by molar-refractivity contribution is 5.76. The Balaban J connectivity index is 2.21. The third-order valence-electron chi connectivity index (χ3n) is 2.15. The summed E-state index contributed by atoms with van der Waals surface area (Å²) >= 11 is 0. The quantitative estimate of drug-likeness (QED) is 0.694. The molecule has 1 amide bonds. The van der Waals surface area contributed by atoms with Crippen LogP contribution in [-0.4, -0.2) is 24.0 Å². The molecular formula is C12H20N4O. The van der Waals surface area contributed by atoms with E-state index in [-0.39, 0.29) is 5.91 Å². The molecule has 0 spiro atoms. The highest BCUT2D eigenvalue weighted by Crippen LogP contribution is 2.08. The summed E-state index contributed by atoms with van der Waals surface area (Å²) in [5.74, 6) is 0.535. The fraction of sp³-hybridized carbons (Fsp3) is 0.500. The van der Waals surface area contributed by atoms with E-state index in [2.05, 4.69) is 29.5 Å². The van der Waals surface area contributed by atoms with Crippen LogP contribution in [0.5, 0.6) is 0 Å². The van der Waals surface area contributed by atoms with Crippen molar-refractivity contribution < 1.29 is 4.79 Å². The summed E-state index contributed by atoms with van der Waals surface area (Å²) in [7, 11) is 0. The Morgan fingerprint density at radius 2 is 2.24 bits per heavy atom. The Hall–Kier alpha value is -1.78. The standard InChI is InChI=1S/C12H20N4O/c1-9(2)6-16-12(17)3-4-15-11-5-10(13)7-14-8-11/h5,7-9,15H,3-4,6,13H2,1-2H3,(H,16,17). The Morgan fingerprint density at radius 3 is 2.88 bits per heavy atom. The van der Waals surface area contributed by atoms with Crippen LogP contribution in [0.15, 0.2) is 18.5 Å². The molecule has 1 aromatic heterocycles. The predicted octanol–water partition coefficient (Wildman–Crippen LogP) is 1.24. The van der Waals surface area contributed by atoms with Gasteiger partial charge >= 0.3 is 0 Å². The first kappa shape index (κ1) is 13.3. The molecule has 0 saturated carbocycles. The van der Waals surface area contributed by atoms with Gasteiger partial charge in [-0.05, 0) is 12.0 Å². The molecule has 17 heavy (non-hydrogen) atoms. The van der Waals surface area contributed by atoms with E-state index < -0.39 is 0 Å². The van der Waals surface area contributed by atoms with Gasteiger partial charge in [-0.1, -0.05) is 13.8 Å². The van der Waals surface area contributed by atoms with Crippen LogP contribution in [0.2, 0.25) is 0 Å². The first-order valence-corrected chi connectivity index (χ1v) is 5.79. The Kier molecular flexibility index (Phi) is 5.26. The second kappa shape index (κ2) is 6.73. The number of anilines is 2. The molecule has 0 bridgehead atoms. The lowest BCUT2D eigenvalue weighted by molar-refractivity contribution is -0.120. The smallest absolute Gasteiger partial charge is 0.221 e. The summed E-state index contributed by atoms with van der Waals surface area (Å²) < 4.78 is 0. The SMILES string of the molecule is CC(C)CNC(=O)CCNc1cncc(N)c1. The molecule has 4 N–H and O–H groups in total. The molecular weight excluding hydrogens is 216 g/mol. The summed E-state index contributed by atoms with van der Waals surface area (Å²) in [6.07, 6.45) is 3.71. The second-order valence-electron chi connectivity index (χ2n) is 4.38. The zero-order valence-corrected chi connectivity index (χ0v) is 10.4. The lowest BCUT2D eigenvalue weighted by Gasteiger charge is -2.09. The van der Waals surface area contributed by atoms with Gasteiger partial charge in [-0.15, -0.1) is 0 Å². The average Bonchev–Trinajstić information content (AvgIpc) is 2.26. The van der Waals surface area contributed by atoms with Crippen molar-refractivity contribution in [3.63, 3.8) is 0 Å². The number of hydrogen-bond acceptors (Lipinski definition) is 4. The van der Waals surface area contributed by atoms with Gasteiger partial charge in [0.2, 0.25) is 5.91 Å². The molecule has 0 aliphatic rings. The van der Waals surface area contributed by atoms with Crippen molar-refractivity contribution in [2.75, 3.05) is 24.1 Å². The molecule has 0 atom stereocenters. The Labute approximate surface area is 102 Å². The molecule has 1 aromatic rings. The summed E-state index contributed by atoms with van der Waals surface area (Å²) in [4.78, 5) is 15.4. The maximum Gasteiger partial charge on any atom is 0.221 e. The highest BCUT2D eigenvalue weighted by atomic mass is 16.1. The van der Waals surface area contributed by atoms with Crippen LogP contribution in [0.25, 0.3) is 0 Å². The maximum atomic E-state index is 11.4. The molecule has 0 fully saturated rings. The Morgan fingerprint density at radius 1 is 1.47 bits per heavy atom. The number of rotatable bonds is 6. The zero-order chi connectivity index (χ0) is 12.7. The largest absolute Gasteiger partial charge is 0.397 e. The van der Waals surface area contributed by atoms with Crippen LogP contribution in [0, 0.1) is 5.92 Å². The number of nitrogens with two attached hydrogens (primary N) is 1. The molecule has 0 unspecified atom stereocenters. The Bertz CT molecular complexity index is 365. The predicted molar refractivity (Wildman–Crippen MR) is 69.6 cm³/mol. The number of amides is 1. The lowest BCUT2D eigenvalue weighted by Crippen LogP contribution is -2.28. The van der Waals surface area contributed by atoms with Crippen LogP contribution in [-0.2, 0) is 4.79 Å². The van der Waals surface area contributed by atoms with Gasteiger partial charge in [0.05, 0.1) is 17.6 Å². The van der Waals surface area contributed by atoms with Crippen molar-refractivity contribution in [3.8, 4) is 0 Å². The minimum atomic E-state index is 0.0584. The number of aromatic nitrogens is 1. The van der Waals surface area contributed by atoms with Gasteiger partial charge < -0.3 is 16.4 Å². The molecule has 1 rings (SSSR count). The molecule has 94 valence electrons. The minimum Gasteiger partial charge on any atom is -0.397 e. The summed E-state index contributed by atoms with van der Waals surface area (Å²) in [5, 5.41) is 5.96. The van der Waals surface area contributed by atoms with Crippen molar-refractivity contribution in [1.29, 1.82) is 0 Å². The van der Waals surface area contributed by atoms with Crippen LogP contribution in [0.3, 0.4) is 0 Å². The van der Waals surface area contributed by atoms with E-state index in [0.717, 1.165) is 12.2 Å². The molecule has 0 aliphatic heterocycles. The summed E-state index contributed by atoms with van der Waals surface area (Å²) in [6, 6.07) is 1.79. The van der Waals surface area contributed by atoms with E-state index >= 15 is 0 Å². The minimum absolute atomic E-state index is 0.0584. The van der Waals surface area contributed by atoms with Crippen molar-refractivity contribution in [2.45, 2.75) is 20.3 Å². The lowest BCUT2D eigenvalue weighted by atomic mass is 10.2. The van der Waals surface area contributed by atoms with Gasteiger partial charge in [0.25, 0.3) is 0 Å². The fourth-order valence-corrected chi connectivity index (χ4v) is 1.28. The van der Waals surface area contributed by atoms with Crippen molar-refractivity contribution in [2.24, 2.45) is 5.92 Å². The van der Waals surface area contributed by atoms with Crippen molar-refractivity contribution in [1.82, 2.24) is 10.3 Å². The normalized spacial score (nSPS) is 10.3. The molecule has 0 aliphatic carbocycles. The van der Waals surface area contributed by atoms with Gasteiger partial charge in [-0.3, -0.25) is 9.78 Å². The number of nitrogens with one attached hydrogen (secondary N) is 2. The van der Waals surface area contributed by atoms with Crippen LogP contribution in [0.4, 0.5) is 11.4 Å². The first-order chi connectivity index (χ1) is 8.08. The van der Waals surface area contributed by atoms with Crippen molar-refractivity contribution >= 4 is 17.3 Å². The number of nitrogen functional groups attached to an aromatic ring is 1. The van der Waals surface area contributed by atoms with Crippen LogP contribution in [0.1, 0.15) is 20.3 Å². The third kappa shape index (κ3) is 5.75. The molecule has 0 saturated heterocycles. The van der Waals surface area contributed by atoms with Crippen LogP contribution >= 0.6 is 0 Å². The van der Waals surface area contributed by atoms with E-state index in [1.165, 1.54) is 0 Å². The van der Waals surface area contributed by atoms with Gasteiger partial charge in [0, 0.05) is 25.7 Å². The summed E-state index contributed by atoms with van der Waals surface area (Å²) in [6.45, 7) is 5.43.